The van der Waals surface area contributed by atoms with E-state index in [1.807, 2.05) is 0 Å². The van der Waals surface area contributed by atoms with E-state index >= 15 is 0 Å². The van der Waals surface area contributed by atoms with Gasteiger partial charge in [0.1, 0.15) is 6.10 Å². The van der Waals surface area contributed by atoms with E-state index in [1.54, 1.807) is 6.92 Å². The lowest BCUT2D eigenvalue weighted by atomic mass is 9.84. The van der Waals surface area contributed by atoms with Crippen LogP contribution in [0.25, 0.3) is 0 Å². The molecule has 0 spiro atoms. The second-order valence-electron chi connectivity index (χ2n) is 6.66. The molecule has 0 aromatic heterocycles. The number of aryl methyl sites for hydroxylation is 3. The topological polar surface area (TPSA) is 52.6 Å². The van der Waals surface area contributed by atoms with E-state index in [2.05, 4.69) is 45.5 Å². The Balaban J connectivity index is 0.000000293. The van der Waals surface area contributed by atoms with Crippen molar-refractivity contribution in [2.75, 3.05) is 6.61 Å². The normalized spacial score (nSPS) is 19.5. The number of ether oxygens (including phenoxy) is 2. The Morgan fingerprint density at radius 2 is 1.64 bits per heavy atom. The zero-order valence-electron chi connectivity index (χ0n) is 16.1. The van der Waals surface area contributed by atoms with Crippen LogP contribution in [0.5, 0.6) is 0 Å². The molecule has 1 aliphatic rings. The summed E-state index contributed by atoms with van der Waals surface area (Å²) in [6, 6.07) is 6.56. The van der Waals surface area contributed by atoms with Crippen molar-refractivity contribution in [3.8, 4) is 0 Å². The molecular formula is C21H30O4. The monoisotopic (exact) mass is 346 g/mol. The van der Waals surface area contributed by atoms with E-state index in [0.29, 0.717) is 19.4 Å². The highest BCUT2D eigenvalue weighted by Gasteiger charge is 2.35. The lowest BCUT2D eigenvalue weighted by Gasteiger charge is -2.30. The van der Waals surface area contributed by atoms with E-state index in [0.717, 1.165) is 12.0 Å². The van der Waals surface area contributed by atoms with E-state index in [4.69, 9.17) is 9.47 Å². The Hall–Kier alpha value is -2.10. The first kappa shape index (κ1) is 20.9. The van der Waals surface area contributed by atoms with Crippen LogP contribution in [-0.4, -0.2) is 24.6 Å². The van der Waals surface area contributed by atoms with Gasteiger partial charge in [-0.05, 0) is 40.5 Å². The predicted molar refractivity (Wildman–Crippen MR) is 99.3 cm³/mol. The van der Waals surface area contributed by atoms with E-state index in [1.165, 1.54) is 23.6 Å². The van der Waals surface area contributed by atoms with Gasteiger partial charge in [-0.2, -0.15) is 0 Å². The Labute approximate surface area is 151 Å². The molecule has 25 heavy (non-hydrogen) atoms. The third kappa shape index (κ3) is 7.55. The van der Waals surface area contributed by atoms with Crippen molar-refractivity contribution < 1.29 is 19.1 Å². The number of rotatable bonds is 3. The summed E-state index contributed by atoms with van der Waals surface area (Å²) in [7, 11) is 0. The number of carbonyl (C=O) groups is 2. The zero-order chi connectivity index (χ0) is 19.0. The summed E-state index contributed by atoms with van der Waals surface area (Å²) in [4.78, 5) is 22.6. The summed E-state index contributed by atoms with van der Waals surface area (Å²) in [6.45, 7) is 13.7. The molecule has 1 fully saturated rings. The highest BCUT2D eigenvalue weighted by molar-refractivity contribution is 5.74. The number of benzene rings is 1. The van der Waals surface area contributed by atoms with Crippen LogP contribution in [0.3, 0.4) is 0 Å². The van der Waals surface area contributed by atoms with Gasteiger partial charge in [-0.1, -0.05) is 47.0 Å². The van der Waals surface area contributed by atoms with Crippen LogP contribution >= 0.6 is 0 Å². The van der Waals surface area contributed by atoms with Gasteiger partial charge >= 0.3 is 11.9 Å². The largest absolute Gasteiger partial charge is 0.466 e. The summed E-state index contributed by atoms with van der Waals surface area (Å²) < 4.78 is 10.1. The summed E-state index contributed by atoms with van der Waals surface area (Å²) in [6.07, 6.45) is 1.60. The molecule has 2 atom stereocenters. The van der Waals surface area contributed by atoms with Gasteiger partial charge in [0.2, 0.25) is 0 Å². The van der Waals surface area contributed by atoms with E-state index in [-0.39, 0.29) is 17.9 Å². The minimum atomic E-state index is -0.405. The second-order valence-corrected chi connectivity index (χ2v) is 6.66. The van der Waals surface area contributed by atoms with Gasteiger partial charge in [-0.25, -0.2) is 0 Å². The maximum Gasteiger partial charge on any atom is 0.312 e. The molecule has 0 N–H and O–H groups in total. The van der Waals surface area contributed by atoms with Gasteiger partial charge in [0.15, 0.2) is 0 Å². The first-order valence-electron chi connectivity index (χ1n) is 8.78. The fraction of sp³-hybridized carbons (Fsp3) is 0.524. The van der Waals surface area contributed by atoms with Crippen molar-refractivity contribution >= 4 is 11.9 Å². The van der Waals surface area contributed by atoms with Crippen LogP contribution in [-0.2, 0) is 19.1 Å². The van der Waals surface area contributed by atoms with Crippen LogP contribution in [0.4, 0.5) is 0 Å². The maximum absolute atomic E-state index is 11.7. The molecule has 138 valence electrons. The second kappa shape index (κ2) is 10.0. The molecule has 1 saturated carbocycles. The van der Waals surface area contributed by atoms with Crippen molar-refractivity contribution in [1.29, 1.82) is 0 Å². The molecule has 0 aliphatic heterocycles. The molecule has 0 bridgehead atoms. The van der Waals surface area contributed by atoms with Gasteiger partial charge in [0.05, 0.1) is 12.5 Å². The minimum Gasteiger partial charge on any atom is -0.466 e. The van der Waals surface area contributed by atoms with Gasteiger partial charge in [0.25, 0.3) is 0 Å². The lowest BCUT2D eigenvalue weighted by molar-refractivity contribution is -0.161. The van der Waals surface area contributed by atoms with Crippen molar-refractivity contribution in [3.05, 3.63) is 47.0 Å². The summed E-state index contributed by atoms with van der Waals surface area (Å²) in [5, 5.41) is 0. The highest BCUT2D eigenvalue weighted by Crippen LogP contribution is 2.30. The van der Waals surface area contributed by atoms with Crippen LogP contribution in [0.1, 0.15) is 49.8 Å². The van der Waals surface area contributed by atoms with Crippen LogP contribution < -0.4 is 0 Å². The average Bonchev–Trinajstić information content (AvgIpc) is 2.46. The molecular weight excluding hydrogens is 316 g/mol. The van der Waals surface area contributed by atoms with Gasteiger partial charge < -0.3 is 9.47 Å². The SMILES string of the molecule is C=C1CCC(C(=O)OCC)C(OC(C)=O)C1.Cc1cc(C)cc(C)c1. The highest BCUT2D eigenvalue weighted by atomic mass is 16.6. The number of hydrogen-bond donors (Lipinski definition) is 0. The first-order chi connectivity index (χ1) is 11.7. The molecule has 0 heterocycles. The molecule has 0 radical (unpaired) electrons. The third-order valence-electron chi connectivity index (χ3n) is 4.02. The molecule has 1 aromatic rings. The molecule has 4 heteroatoms. The van der Waals surface area contributed by atoms with Gasteiger partial charge in [-0.3, -0.25) is 9.59 Å². The Bertz CT molecular complexity index is 566. The summed E-state index contributed by atoms with van der Waals surface area (Å²) in [5.74, 6) is -0.982. The summed E-state index contributed by atoms with van der Waals surface area (Å²) in [5.41, 5.74) is 5.08. The lowest BCUT2D eigenvalue weighted by Crippen LogP contribution is -2.36. The fourth-order valence-corrected chi connectivity index (χ4v) is 3.13. The molecule has 0 saturated heterocycles. The van der Waals surface area contributed by atoms with Crippen molar-refractivity contribution in [3.63, 3.8) is 0 Å². The molecule has 2 rings (SSSR count). The zero-order valence-corrected chi connectivity index (χ0v) is 16.1. The number of hydrogen-bond acceptors (Lipinski definition) is 4. The smallest absolute Gasteiger partial charge is 0.312 e. The molecule has 1 aliphatic carbocycles. The Kier molecular flexibility index (Phi) is 8.39. The first-order valence-corrected chi connectivity index (χ1v) is 8.78. The minimum absolute atomic E-state index is 0.277. The third-order valence-corrected chi connectivity index (χ3v) is 4.02. The molecule has 0 amide bonds. The average molecular weight is 346 g/mol. The van der Waals surface area contributed by atoms with Crippen LogP contribution in [0.15, 0.2) is 30.4 Å². The maximum atomic E-state index is 11.7. The summed E-state index contributed by atoms with van der Waals surface area (Å²) >= 11 is 0. The fourth-order valence-electron chi connectivity index (χ4n) is 3.13. The van der Waals surface area contributed by atoms with Gasteiger partial charge in [0, 0.05) is 13.3 Å². The standard InChI is InChI=1S/C12H18O4.C9H12/c1-4-15-12(14)10-6-5-8(2)7-11(10)16-9(3)13;1-7-4-8(2)6-9(3)5-7/h10-11H,2,4-7H2,1,3H3;4-6H,1-3H3. The number of esters is 2. The quantitative estimate of drug-likeness (QED) is 0.599. The van der Waals surface area contributed by atoms with Gasteiger partial charge in [-0.15, -0.1) is 0 Å². The Morgan fingerprint density at radius 3 is 2.08 bits per heavy atom. The Morgan fingerprint density at radius 1 is 1.12 bits per heavy atom. The van der Waals surface area contributed by atoms with Crippen molar-refractivity contribution in [2.24, 2.45) is 5.92 Å². The number of carbonyl (C=O) groups excluding carboxylic acids is 2. The molecule has 2 unspecified atom stereocenters. The van der Waals surface area contributed by atoms with Crippen molar-refractivity contribution in [2.45, 2.75) is 60.0 Å². The van der Waals surface area contributed by atoms with E-state index < -0.39 is 6.10 Å². The van der Waals surface area contributed by atoms with Crippen molar-refractivity contribution in [1.82, 2.24) is 0 Å². The molecule has 4 nitrogen and oxygen atoms in total. The van der Waals surface area contributed by atoms with Crippen LogP contribution in [0, 0.1) is 26.7 Å². The van der Waals surface area contributed by atoms with E-state index in [9.17, 15) is 9.59 Å². The predicted octanol–water partition coefficient (Wildman–Crippen LogP) is 4.45. The van der Waals surface area contributed by atoms with Crippen LogP contribution in [0.2, 0.25) is 0 Å². The molecule has 1 aromatic carbocycles.